The van der Waals surface area contributed by atoms with E-state index in [9.17, 15) is 4.79 Å². The molecule has 5 nitrogen and oxygen atoms in total. The van der Waals surface area contributed by atoms with Crippen molar-refractivity contribution in [2.24, 2.45) is 0 Å². The number of morpholine rings is 1. The van der Waals surface area contributed by atoms with Crippen molar-refractivity contribution in [2.45, 2.75) is 25.9 Å². The van der Waals surface area contributed by atoms with E-state index in [1.807, 2.05) is 0 Å². The van der Waals surface area contributed by atoms with Gasteiger partial charge in [-0.1, -0.05) is 36.8 Å². The lowest BCUT2D eigenvalue weighted by atomic mass is 10.0. The van der Waals surface area contributed by atoms with Gasteiger partial charge >= 0.3 is 6.03 Å². The molecule has 1 N–H and O–H groups in total. The Kier molecular flexibility index (Phi) is 6.21. The maximum absolute atomic E-state index is 12.3. The minimum absolute atomic E-state index is 0.0247. The first kappa shape index (κ1) is 16.8. The van der Waals surface area contributed by atoms with Gasteiger partial charge in [-0.3, -0.25) is 0 Å². The van der Waals surface area contributed by atoms with Crippen LogP contribution in [0.3, 0.4) is 0 Å². The van der Waals surface area contributed by atoms with Crippen LogP contribution < -0.4 is 5.32 Å². The third-order valence-electron chi connectivity index (χ3n) is 3.98. The van der Waals surface area contributed by atoms with E-state index in [1.54, 1.807) is 12.0 Å². The first-order chi connectivity index (χ1) is 10.6. The topological polar surface area (TPSA) is 50.8 Å². The van der Waals surface area contributed by atoms with E-state index in [0.29, 0.717) is 38.8 Å². The van der Waals surface area contributed by atoms with Gasteiger partial charge < -0.3 is 19.7 Å². The zero-order valence-corrected chi connectivity index (χ0v) is 13.7. The van der Waals surface area contributed by atoms with Crippen LogP contribution >= 0.6 is 0 Å². The molecular weight excluding hydrogens is 280 g/mol. The van der Waals surface area contributed by atoms with Gasteiger partial charge in [0.05, 0.1) is 25.9 Å². The lowest BCUT2D eigenvalue weighted by Crippen LogP contribution is -2.51. The van der Waals surface area contributed by atoms with Crippen LogP contribution in [0.15, 0.2) is 24.3 Å². The molecule has 1 aliphatic heterocycles. The van der Waals surface area contributed by atoms with Gasteiger partial charge in [0.1, 0.15) is 0 Å². The Morgan fingerprint density at radius 3 is 2.86 bits per heavy atom. The number of carbonyl (C=O) groups excluding carboxylic acids is 1. The standard InChI is InChI=1S/C17H26N2O3/c1-13-4-6-15(7-5-13)14(2)10-18-17(20)19-8-9-22-16(11-19)12-21-3/h4-7,14,16H,8-12H2,1-3H3,(H,18,20)/t14-,16+/m0/s1. The third-order valence-corrected chi connectivity index (χ3v) is 3.98. The summed E-state index contributed by atoms with van der Waals surface area (Å²) in [6.45, 7) is 7.12. The molecule has 2 amide bonds. The van der Waals surface area contributed by atoms with Crippen LogP contribution in [-0.2, 0) is 9.47 Å². The van der Waals surface area contributed by atoms with Gasteiger partial charge in [-0.2, -0.15) is 0 Å². The summed E-state index contributed by atoms with van der Waals surface area (Å²) in [5.41, 5.74) is 2.49. The first-order valence-electron chi connectivity index (χ1n) is 7.80. The molecule has 22 heavy (non-hydrogen) atoms. The fourth-order valence-corrected chi connectivity index (χ4v) is 2.56. The van der Waals surface area contributed by atoms with E-state index < -0.39 is 0 Å². The van der Waals surface area contributed by atoms with E-state index in [-0.39, 0.29) is 12.1 Å². The number of carbonyl (C=O) groups is 1. The Morgan fingerprint density at radius 2 is 2.18 bits per heavy atom. The summed E-state index contributed by atoms with van der Waals surface area (Å²) in [4.78, 5) is 14.1. The Bertz CT molecular complexity index is 473. The summed E-state index contributed by atoms with van der Waals surface area (Å²) in [5.74, 6) is 0.292. The van der Waals surface area contributed by atoms with Crippen LogP contribution in [0.5, 0.6) is 0 Å². The summed E-state index contributed by atoms with van der Waals surface area (Å²) < 4.78 is 10.6. The van der Waals surface area contributed by atoms with E-state index in [2.05, 4.69) is 43.4 Å². The molecule has 0 unspecified atom stereocenters. The van der Waals surface area contributed by atoms with Crippen molar-refractivity contribution >= 4 is 6.03 Å². The highest BCUT2D eigenvalue weighted by molar-refractivity contribution is 5.74. The first-order valence-corrected chi connectivity index (χ1v) is 7.80. The number of ether oxygens (including phenoxy) is 2. The number of methoxy groups -OCH3 is 1. The maximum Gasteiger partial charge on any atom is 0.317 e. The molecule has 0 aromatic heterocycles. The number of nitrogens with zero attached hydrogens (tertiary/aromatic N) is 1. The van der Waals surface area contributed by atoms with Crippen molar-refractivity contribution in [3.05, 3.63) is 35.4 Å². The molecule has 0 aliphatic carbocycles. The fourth-order valence-electron chi connectivity index (χ4n) is 2.56. The number of amides is 2. The molecule has 1 aliphatic rings. The molecule has 0 radical (unpaired) electrons. The van der Waals surface area contributed by atoms with Crippen molar-refractivity contribution in [2.75, 3.05) is 40.0 Å². The average molecular weight is 306 g/mol. The summed E-state index contributed by atoms with van der Waals surface area (Å²) in [6, 6.07) is 8.42. The number of urea groups is 1. The lowest BCUT2D eigenvalue weighted by Gasteiger charge is -2.32. The highest BCUT2D eigenvalue weighted by atomic mass is 16.5. The normalized spacial score (nSPS) is 19.8. The average Bonchev–Trinajstić information content (AvgIpc) is 2.53. The number of aryl methyl sites for hydroxylation is 1. The Hall–Kier alpha value is -1.59. The molecule has 1 aromatic rings. The highest BCUT2D eigenvalue weighted by Crippen LogP contribution is 2.15. The van der Waals surface area contributed by atoms with Crippen molar-refractivity contribution < 1.29 is 14.3 Å². The van der Waals surface area contributed by atoms with Crippen LogP contribution in [0, 0.1) is 6.92 Å². The monoisotopic (exact) mass is 306 g/mol. The van der Waals surface area contributed by atoms with Crippen molar-refractivity contribution in [3.63, 3.8) is 0 Å². The van der Waals surface area contributed by atoms with Crippen LogP contribution in [0.4, 0.5) is 4.79 Å². The molecule has 1 aromatic carbocycles. The molecule has 1 saturated heterocycles. The Morgan fingerprint density at radius 1 is 1.45 bits per heavy atom. The number of nitrogens with one attached hydrogen (secondary N) is 1. The van der Waals surface area contributed by atoms with Crippen LogP contribution in [-0.4, -0.2) is 57.0 Å². The number of rotatable bonds is 5. The van der Waals surface area contributed by atoms with Crippen molar-refractivity contribution in [1.82, 2.24) is 10.2 Å². The van der Waals surface area contributed by atoms with E-state index in [0.717, 1.165) is 0 Å². The SMILES string of the molecule is COC[C@H]1CN(C(=O)NC[C@H](C)c2ccc(C)cc2)CCO1. The van der Waals surface area contributed by atoms with Crippen LogP contribution in [0.2, 0.25) is 0 Å². The van der Waals surface area contributed by atoms with E-state index in [4.69, 9.17) is 9.47 Å². The Labute approximate surface area is 132 Å². The van der Waals surface area contributed by atoms with Crippen molar-refractivity contribution in [1.29, 1.82) is 0 Å². The largest absolute Gasteiger partial charge is 0.382 e. The zero-order chi connectivity index (χ0) is 15.9. The van der Waals surface area contributed by atoms with Crippen LogP contribution in [0.1, 0.15) is 24.0 Å². The predicted octanol–water partition coefficient (Wildman–Crippen LogP) is 2.16. The van der Waals surface area contributed by atoms with E-state index >= 15 is 0 Å². The molecular formula is C17H26N2O3. The molecule has 0 bridgehead atoms. The second-order valence-corrected chi connectivity index (χ2v) is 5.89. The predicted molar refractivity (Wildman–Crippen MR) is 86.2 cm³/mol. The second kappa shape index (κ2) is 8.15. The molecule has 2 atom stereocenters. The van der Waals surface area contributed by atoms with Gasteiger partial charge in [-0.15, -0.1) is 0 Å². The molecule has 0 spiro atoms. The third kappa shape index (κ3) is 4.71. The summed E-state index contributed by atoms with van der Waals surface area (Å²) in [5, 5.41) is 3.02. The quantitative estimate of drug-likeness (QED) is 0.907. The van der Waals surface area contributed by atoms with Gasteiger partial charge in [0.25, 0.3) is 0 Å². The van der Waals surface area contributed by atoms with Gasteiger partial charge in [-0.25, -0.2) is 4.79 Å². The van der Waals surface area contributed by atoms with Crippen LogP contribution in [0.25, 0.3) is 0 Å². The highest BCUT2D eigenvalue weighted by Gasteiger charge is 2.24. The zero-order valence-electron chi connectivity index (χ0n) is 13.7. The molecule has 1 heterocycles. The lowest BCUT2D eigenvalue weighted by molar-refractivity contribution is -0.0494. The summed E-state index contributed by atoms with van der Waals surface area (Å²) >= 11 is 0. The second-order valence-electron chi connectivity index (χ2n) is 5.89. The minimum Gasteiger partial charge on any atom is -0.382 e. The minimum atomic E-state index is -0.0287. The molecule has 0 saturated carbocycles. The smallest absolute Gasteiger partial charge is 0.317 e. The summed E-state index contributed by atoms with van der Waals surface area (Å²) in [7, 11) is 1.64. The molecule has 5 heteroatoms. The molecule has 1 fully saturated rings. The summed E-state index contributed by atoms with van der Waals surface area (Å²) in [6.07, 6.45) is -0.0287. The number of hydrogen-bond donors (Lipinski definition) is 1. The number of benzene rings is 1. The molecule has 122 valence electrons. The van der Waals surface area contributed by atoms with Gasteiger partial charge in [-0.05, 0) is 18.4 Å². The van der Waals surface area contributed by atoms with Gasteiger partial charge in [0.15, 0.2) is 0 Å². The van der Waals surface area contributed by atoms with Crippen molar-refractivity contribution in [3.8, 4) is 0 Å². The number of hydrogen-bond acceptors (Lipinski definition) is 3. The fraction of sp³-hybridized carbons (Fsp3) is 0.588. The Balaban J connectivity index is 1.80. The van der Waals surface area contributed by atoms with Gasteiger partial charge in [0, 0.05) is 20.2 Å². The van der Waals surface area contributed by atoms with E-state index in [1.165, 1.54) is 11.1 Å². The maximum atomic E-state index is 12.3. The van der Waals surface area contributed by atoms with Gasteiger partial charge in [0.2, 0.25) is 0 Å². The molecule has 2 rings (SSSR count).